The molecule has 1 aliphatic rings. The number of nitro benzene ring substituents is 1. The van der Waals surface area contributed by atoms with Crippen LogP contribution in [0.3, 0.4) is 0 Å². The molecule has 1 heterocycles. The van der Waals surface area contributed by atoms with E-state index in [1.165, 1.54) is 0 Å². The number of rotatable bonds is 5. The molecule has 1 saturated heterocycles. The molecule has 7 heteroatoms. The van der Waals surface area contributed by atoms with E-state index in [1.807, 2.05) is 6.07 Å². The highest BCUT2D eigenvalue weighted by atomic mass is 16.6. The zero-order chi connectivity index (χ0) is 14.5. The van der Waals surface area contributed by atoms with Gasteiger partial charge >= 0.3 is 0 Å². The van der Waals surface area contributed by atoms with Crippen molar-refractivity contribution in [2.75, 3.05) is 25.1 Å². The van der Waals surface area contributed by atoms with Gasteiger partial charge in [-0.3, -0.25) is 20.9 Å². The summed E-state index contributed by atoms with van der Waals surface area (Å²) in [7, 11) is 0. The number of nitrogen functional groups attached to an aromatic ring is 1. The fourth-order valence-corrected chi connectivity index (χ4v) is 2.65. The van der Waals surface area contributed by atoms with E-state index in [0.29, 0.717) is 18.2 Å². The van der Waals surface area contributed by atoms with Crippen LogP contribution in [0.15, 0.2) is 18.2 Å². The Kier molecular flexibility index (Phi) is 4.89. The van der Waals surface area contributed by atoms with Crippen LogP contribution in [0.4, 0.5) is 11.4 Å². The molecule has 1 aromatic carbocycles. The maximum atomic E-state index is 11.0. The van der Waals surface area contributed by atoms with E-state index in [2.05, 4.69) is 10.3 Å². The first-order chi connectivity index (χ1) is 9.63. The first-order valence-corrected chi connectivity index (χ1v) is 6.71. The molecule has 0 amide bonds. The SMILES string of the molecule is NNc1ccc(CN2CCCC(CO)C2)cc1[N+](=O)[O-]. The second kappa shape index (κ2) is 6.65. The quantitative estimate of drug-likeness (QED) is 0.423. The molecular formula is C13H20N4O3. The predicted octanol–water partition coefficient (Wildman–Crippen LogP) is 1.08. The first kappa shape index (κ1) is 14.7. The van der Waals surface area contributed by atoms with Gasteiger partial charge in [-0.15, -0.1) is 0 Å². The fourth-order valence-electron chi connectivity index (χ4n) is 2.65. The Hall–Kier alpha value is -1.70. The third-order valence-electron chi connectivity index (χ3n) is 3.68. The number of anilines is 1. The van der Waals surface area contributed by atoms with Crippen LogP contribution in [0.25, 0.3) is 0 Å². The summed E-state index contributed by atoms with van der Waals surface area (Å²) in [4.78, 5) is 12.8. The van der Waals surface area contributed by atoms with Crippen LogP contribution in [-0.4, -0.2) is 34.6 Å². The molecule has 1 fully saturated rings. The van der Waals surface area contributed by atoms with E-state index < -0.39 is 4.92 Å². The standard InChI is InChI=1S/C13H20N4O3/c14-15-12-4-3-10(6-13(12)17(19)20)7-16-5-1-2-11(8-16)9-18/h3-4,6,11,15,18H,1-2,5,7-9,14H2. The summed E-state index contributed by atoms with van der Waals surface area (Å²) in [5.41, 5.74) is 3.52. The summed E-state index contributed by atoms with van der Waals surface area (Å²) in [5.74, 6) is 5.58. The van der Waals surface area contributed by atoms with E-state index in [1.54, 1.807) is 12.1 Å². The van der Waals surface area contributed by atoms with E-state index >= 15 is 0 Å². The van der Waals surface area contributed by atoms with Crippen molar-refractivity contribution < 1.29 is 10.0 Å². The van der Waals surface area contributed by atoms with Crippen molar-refractivity contribution in [3.63, 3.8) is 0 Å². The number of piperidine rings is 1. The van der Waals surface area contributed by atoms with Crippen molar-refractivity contribution >= 4 is 11.4 Å². The fraction of sp³-hybridized carbons (Fsp3) is 0.538. The summed E-state index contributed by atoms with van der Waals surface area (Å²) in [6.07, 6.45) is 2.10. The van der Waals surface area contributed by atoms with Gasteiger partial charge in [0.1, 0.15) is 5.69 Å². The lowest BCUT2D eigenvalue weighted by atomic mass is 9.98. The largest absolute Gasteiger partial charge is 0.396 e. The Morgan fingerprint density at radius 2 is 2.35 bits per heavy atom. The summed E-state index contributed by atoms with van der Waals surface area (Å²) in [6, 6.07) is 5.02. The van der Waals surface area contributed by atoms with Crippen LogP contribution in [0.2, 0.25) is 0 Å². The van der Waals surface area contributed by atoms with Gasteiger partial charge in [0.25, 0.3) is 5.69 Å². The molecular weight excluding hydrogens is 260 g/mol. The number of hydrogen-bond acceptors (Lipinski definition) is 6. The number of aliphatic hydroxyl groups is 1. The molecule has 7 nitrogen and oxygen atoms in total. The van der Waals surface area contributed by atoms with Gasteiger partial charge in [-0.05, 0) is 36.9 Å². The minimum Gasteiger partial charge on any atom is -0.396 e. The smallest absolute Gasteiger partial charge is 0.293 e. The lowest BCUT2D eigenvalue weighted by Gasteiger charge is -2.31. The van der Waals surface area contributed by atoms with E-state index in [4.69, 9.17) is 5.84 Å². The maximum absolute atomic E-state index is 11.0. The van der Waals surface area contributed by atoms with Crippen molar-refractivity contribution in [3.05, 3.63) is 33.9 Å². The molecule has 0 bridgehead atoms. The number of nitrogens with two attached hydrogens (primary N) is 1. The second-order valence-corrected chi connectivity index (χ2v) is 5.18. The molecule has 110 valence electrons. The van der Waals surface area contributed by atoms with Crippen LogP contribution >= 0.6 is 0 Å². The molecule has 20 heavy (non-hydrogen) atoms. The number of likely N-dealkylation sites (tertiary alicyclic amines) is 1. The maximum Gasteiger partial charge on any atom is 0.293 e. The first-order valence-electron chi connectivity index (χ1n) is 6.71. The summed E-state index contributed by atoms with van der Waals surface area (Å²) in [5, 5.41) is 20.2. The Bertz CT molecular complexity index is 481. The highest BCUT2D eigenvalue weighted by molar-refractivity contribution is 5.61. The Morgan fingerprint density at radius 3 is 3.00 bits per heavy atom. The molecule has 0 spiro atoms. The molecule has 0 radical (unpaired) electrons. The molecule has 1 aromatic rings. The van der Waals surface area contributed by atoms with Crippen molar-refractivity contribution in [2.45, 2.75) is 19.4 Å². The van der Waals surface area contributed by atoms with Gasteiger partial charge in [-0.1, -0.05) is 6.07 Å². The average Bonchev–Trinajstić information content (AvgIpc) is 2.47. The van der Waals surface area contributed by atoms with Crippen LogP contribution in [0.5, 0.6) is 0 Å². The predicted molar refractivity (Wildman–Crippen MR) is 76.0 cm³/mol. The van der Waals surface area contributed by atoms with Gasteiger partial charge in [0.2, 0.25) is 0 Å². The lowest BCUT2D eigenvalue weighted by molar-refractivity contribution is -0.384. The van der Waals surface area contributed by atoms with Crippen LogP contribution in [0, 0.1) is 16.0 Å². The van der Waals surface area contributed by atoms with Gasteiger partial charge in [-0.25, -0.2) is 0 Å². The molecule has 0 saturated carbocycles. The van der Waals surface area contributed by atoms with Crippen LogP contribution in [0.1, 0.15) is 18.4 Å². The van der Waals surface area contributed by atoms with E-state index in [9.17, 15) is 15.2 Å². The number of hydrogen-bond donors (Lipinski definition) is 3. The number of nitrogens with one attached hydrogen (secondary N) is 1. The van der Waals surface area contributed by atoms with Gasteiger partial charge in [0.05, 0.1) is 4.92 Å². The molecule has 0 aliphatic carbocycles. The second-order valence-electron chi connectivity index (χ2n) is 5.18. The van der Waals surface area contributed by atoms with Crippen molar-refractivity contribution in [1.82, 2.24) is 4.90 Å². The highest BCUT2D eigenvalue weighted by Crippen LogP contribution is 2.26. The summed E-state index contributed by atoms with van der Waals surface area (Å²) < 4.78 is 0. The Morgan fingerprint density at radius 1 is 1.55 bits per heavy atom. The third-order valence-corrected chi connectivity index (χ3v) is 3.68. The molecule has 4 N–H and O–H groups in total. The van der Waals surface area contributed by atoms with E-state index in [-0.39, 0.29) is 12.3 Å². The van der Waals surface area contributed by atoms with Crippen molar-refractivity contribution in [2.24, 2.45) is 11.8 Å². The van der Waals surface area contributed by atoms with Crippen molar-refractivity contribution in [3.8, 4) is 0 Å². The number of aliphatic hydroxyl groups excluding tert-OH is 1. The summed E-state index contributed by atoms with van der Waals surface area (Å²) >= 11 is 0. The summed E-state index contributed by atoms with van der Waals surface area (Å²) in [6.45, 7) is 2.65. The minimum atomic E-state index is -0.439. The Labute approximate surface area is 117 Å². The van der Waals surface area contributed by atoms with Gasteiger partial charge in [-0.2, -0.15) is 0 Å². The number of benzene rings is 1. The normalized spacial score (nSPS) is 19.8. The monoisotopic (exact) mass is 280 g/mol. The zero-order valence-electron chi connectivity index (χ0n) is 11.3. The number of nitro groups is 1. The van der Waals surface area contributed by atoms with Gasteiger partial charge in [0.15, 0.2) is 0 Å². The van der Waals surface area contributed by atoms with Crippen LogP contribution in [-0.2, 0) is 6.54 Å². The topological polar surface area (TPSA) is 105 Å². The highest BCUT2D eigenvalue weighted by Gasteiger charge is 2.20. The number of nitrogens with zero attached hydrogens (tertiary/aromatic N) is 2. The molecule has 1 aliphatic heterocycles. The average molecular weight is 280 g/mol. The van der Waals surface area contributed by atoms with Crippen molar-refractivity contribution in [1.29, 1.82) is 0 Å². The molecule has 1 atom stereocenters. The molecule has 0 aromatic heterocycles. The Balaban J connectivity index is 2.09. The third kappa shape index (κ3) is 3.44. The molecule has 2 rings (SSSR count). The minimum absolute atomic E-state index is 0.0132. The van der Waals surface area contributed by atoms with E-state index in [0.717, 1.165) is 31.5 Å². The molecule has 1 unspecified atom stereocenters. The number of hydrazine groups is 1. The van der Waals surface area contributed by atoms with Gasteiger partial charge in [0, 0.05) is 25.8 Å². The van der Waals surface area contributed by atoms with Gasteiger partial charge < -0.3 is 10.5 Å². The van der Waals surface area contributed by atoms with Crippen LogP contribution < -0.4 is 11.3 Å². The zero-order valence-corrected chi connectivity index (χ0v) is 11.3. The lowest BCUT2D eigenvalue weighted by Crippen LogP contribution is -2.36.